The summed E-state index contributed by atoms with van der Waals surface area (Å²) in [4.78, 5) is 10.8. The van der Waals surface area contributed by atoms with E-state index in [1.165, 1.54) is 16.7 Å². The second-order valence-corrected chi connectivity index (χ2v) is 17.7. The minimum absolute atomic E-state index is 0.000862. The molecule has 0 fully saturated rings. The molecule has 0 heterocycles. The van der Waals surface area contributed by atoms with E-state index in [0.29, 0.717) is 6.42 Å². The zero-order chi connectivity index (χ0) is 31.0. The predicted octanol–water partition coefficient (Wildman–Crippen LogP) is 9.32. The number of anilines is 1. The number of aliphatic carboxylic acids is 1. The van der Waals surface area contributed by atoms with E-state index in [1.54, 1.807) is 0 Å². The zero-order valence-corrected chi connectivity index (χ0v) is 29.3. The number of benzene rings is 2. The molecule has 0 spiro atoms. The van der Waals surface area contributed by atoms with Crippen molar-refractivity contribution in [2.75, 3.05) is 11.9 Å². The number of rotatable bonds is 14. The van der Waals surface area contributed by atoms with E-state index in [4.69, 9.17) is 14.0 Å². The average Bonchev–Trinajstić information content (AvgIpc) is 2.84. The van der Waals surface area contributed by atoms with Crippen LogP contribution in [0, 0.1) is 10.8 Å². The molecule has 2 atom stereocenters. The van der Waals surface area contributed by atoms with E-state index in [0.717, 1.165) is 29.8 Å². The van der Waals surface area contributed by atoms with Crippen LogP contribution in [0.4, 0.5) is 5.69 Å². The first-order valence-corrected chi connectivity index (χ1v) is 19.6. The first-order valence-electron chi connectivity index (χ1n) is 14.8. The van der Waals surface area contributed by atoms with Gasteiger partial charge in [-0.05, 0) is 96.7 Å². The number of hydrogen-bond acceptors (Lipinski definition) is 4. The maximum absolute atomic E-state index is 10.8. The molecule has 2 aromatic rings. The van der Waals surface area contributed by atoms with Gasteiger partial charge in [0.25, 0.3) is 0 Å². The van der Waals surface area contributed by atoms with Gasteiger partial charge in [0, 0.05) is 18.7 Å². The lowest BCUT2D eigenvalue weighted by Gasteiger charge is -2.39. The molecule has 226 valence electrons. The van der Waals surface area contributed by atoms with Crippen LogP contribution in [-0.4, -0.2) is 35.7 Å². The molecule has 0 amide bonds. The van der Waals surface area contributed by atoms with E-state index < -0.39 is 24.0 Å². The number of carboxylic acid groups (broad SMARTS) is 1. The molecular formula is C34H53NO4Si2. The normalized spacial score (nSPS) is 14.4. The summed E-state index contributed by atoms with van der Waals surface area (Å²) < 4.78 is 13.4. The van der Waals surface area contributed by atoms with Crippen LogP contribution in [0.1, 0.15) is 95.8 Å². The molecular weight excluding hydrogens is 543 g/mol. The summed E-state index contributed by atoms with van der Waals surface area (Å²) in [6.45, 7) is 25.3. The Morgan fingerprint density at radius 3 is 2.02 bits per heavy atom. The lowest BCUT2D eigenvalue weighted by molar-refractivity contribution is -0.136. The monoisotopic (exact) mass is 595 g/mol. The van der Waals surface area contributed by atoms with E-state index in [-0.39, 0.29) is 29.5 Å². The summed E-state index contributed by atoms with van der Waals surface area (Å²) in [5, 5.41) is 12.5. The topological polar surface area (TPSA) is 67.8 Å². The Morgan fingerprint density at radius 1 is 0.902 bits per heavy atom. The van der Waals surface area contributed by atoms with Crippen molar-refractivity contribution < 1.29 is 18.8 Å². The fourth-order valence-corrected chi connectivity index (χ4v) is 6.79. The predicted molar refractivity (Wildman–Crippen MR) is 177 cm³/mol. The molecule has 41 heavy (non-hydrogen) atoms. The molecule has 2 radical (unpaired) electrons. The van der Waals surface area contributed by atoms with Crippen molar-refractivity contribution >= 4 is 35.3 Å². The SMILES string of the molecule is CC(=CCCC(=O)O)c1cccc(NCCc2ccc(C(O[Si](C)C)C(C)(C)C)c(C(O[Si](C)C)C(C)(C)C)c2)c1. The largest absolute Gasteiger partial charge is 0.481 e. The van der Waals surface area contributed by atoms with Gasteiger partial charge in [-0.1, -0.05) is 78.0 Å². The number of carbonyl (C=O) groups is 1. The fraction of sp³-hybridized carbons (Fsp3) is 0.559. The Kier molecular flexibility index (Phi) is 13.1. The van der Waals surface area contributed by atoms with Gasteiger partial charge in [0.2, 0.25) is 18.1 Å². The fourth-order valence-electron chi connectivity index (χ4n) is 4.89. The quantitative estimate of drug-likeness (QED) is 0.213. The molecule has 2 rings (SSSR count). The summed E-state index contributed by atoms with van der Waals surface area (Å²) in [7, 11) is -1.84. The van der Waals surface area contributed by atoms with E-state index in [9.17, 15) is 4.79 Å². The Bertz CT molecular complexity index is 1160. The van der Waals surface area contributed by atoms with Gasteiger partial charge < -0.3 is 19.3 Å². The highest BCUT2D eigenvalue weighted by Crippen LogP contribution is 2.45. The van der Waals surface area contributed by atoms with E-state index in [2.05, 4.69) is 109 Å². The maximum atomic E-state index is 10.8. The molecule has 0 bridgehead atoms. The van der Waals surface area contributed by atoms with Crippen LogP contribution in [0.15, 0.2) is 48.5 Å². The molecule has 0 aliphatic carbocycles. The first-order chi connectivity index (χ1) is 19.0. The Morgan fingerprint density at radius 2 is 1.49 bits per heavy atom. The molecule has 0 aliphatic rings. The first kappa shape index (κ1) is 35.0. The van der Waals surface area contributed by atoms with Crippen molar-refractivity contribution in [3.63, 3.8) is 0 Å². The third kappa shape index (κ3) is 11.5. The molecule has 2 aromatic carbocycles. The van der Waals surface area contributed by atoms with Crippen molar-refractivity contribution in [3.05, 3.63) is 70.8 Å². The lowest BCUT2D eigenvalue weighted by Crippen LogP contribution is -2.31. The van der Waals surface area contributed by atoms with Gasteiger partial charge in [-0.2, -0.15) is 0 Å². The highest BCUT2D eigenvalue weighted by Gasteiger charge is 2.36. The van der Waals surface area contributed by atoms with Crippen LogP contribution in [-0.2, 0) is 20.1 Å². The van der Waals surface area contributed by atoms with Crippen molar-refractivity contribution in [2.24, 2.45) is 10.8 Å². The van der Waals surface area contributed by atoms with E-state index >= 15 is 0 Å². The number of allylic oxidation sites excluding steroid dienone is 2. The van der Waals surface area contributed by atoms with Crippen LogP contribution in [0.3, 0.4) is 0 Å². The number of carboxylic acids is 1. The van der Waals surface area contributed by atoms with Crippen LogP contribution in [0.5, 0.6) is 0 Å². The molecule has 0 saturated heterocycles. The number of nitrogens with one attached hydrogen (secondary N) is 1. The van der Waals surface area contributed by atoms with Crippen molar-refractivity contribution in [2.45, 2.75) is 106 Å². The number of hydrogen-bond donors (Lipinski definition) is 2. The molecule has 0 saturated carbocycles. The molecule has 2 unspecified atom stereocenters. The summed E-state index contributed by atoms with van der Waals surface area (Å²) in [5.74, 6) is -0.769. The van der Waals surface area contributed by atoms with Crippen molar-refractivity contribution in [1.29, 1.82) is 0 Å². The highest BCUT2D eigenvalue weighted by atomic mass is 28.3. The van der Waals surface area contributed by atoms with Gasteiger partial charge in [-0.15, -0.1) is 0 Å². The third-order valence-corrected chi connectivity index (χ3v) is 8.28. The smallest absolute Gasteiger partial charge is 0.303 e. The molecule has 2 N–H and O–H groups in total. The standard InChI is InChI=1S/C34H53NO4Si2/c1-24(14-12-17-30(36)37)26-15-13-16-27(23-26)35-21-20-25-18-19-28(31(33(2,3)4)38-40(8)9)29(22-25)32(34(5,6)7)39-41(10)11/h13-16,18-19,22-23,31-32,35H,12,17,20-21H2,1-11H3,(H,36,37). The van der Waals surface area contributed by atoms with E-state index in [1.807, 2.05) is 19.1 Å². The lowest BCUT2D eigenvalue weighted by atomic mass is 9.77. The highest BCUT2D eigenvalue weighted by molar-refractivity contribution is 6.48. The molecule has 0 aromatic heterocycles. The third-order valence-electron chi connectivity index (χ3n) is 6.87. The zero-order valence-electron chi connectivity index (χ0n) is 27.3. The summed E-state index contributed by atoms with van der Waals surface area (Å²) >= 11 is 0. The van der Waals surface area contributed by atoms with Crippen LogP contribution in [0.25, 0.3) is 5.57 Å². The van der Waals surface area contributed by atoms with Crippen LogP contribution >= 0.6 is 0 Å². The Balaban J connectivity index is 2.35. The minimum atomic E-state index is -0.929. The Hall–Kier alpha value is -2.20. The Labute approximate surface area is 253 Å². The van der Waals surface area contributed by atoms with Crippen molar-refractivity contribution in [3.8, 4) is 0 Å². The van der Waals surface area contributed by atoms with Gasteiger partial charge >= 0.3 is 5.97 Å². The summed E-state index contributed by atoms with van der Waals surface area (Å²) in [6.07, 6.45) is 3.56. The maximum Gasteiger partial charge on any atom is 0.303 e. The van der Waals surface area contributed by atoms with Gasteiger partial charge in [-0.3, -0.25) is 4.79 Å². The molecule has 0 aliphatic heterocycles. The van der Waals surface area contributed by atoms with Gasteiger partial charge in [0.05, 0.1) is 12.2 Å². The van der Waals surface area contributed by atoms with Crippen molar-refractivity contribution in [1.82, 2.24) is 0 Å². The van der Waals surface area contributed by atoms with Gasteiger partial charge in [0.15, 0.2) is 0 Å². The summed E-state index contributed by atoms with van der Waals surface area (Å²) in [6, 6.07) is 15.2. The second kappa shape index (κ2) is 15.3. The molecule has 5 nitrogen and oxygen atoms in total. The van der Waals surface area contributed by atoms with Gasteiger partial charge in [0.1, 0.15) is 0 Å². The van der Waals surface area contributed by atoms with Crippen LogP contribution in [0.2, 0.25) is 26.2 Å². The minimum Gasteiger partial charge on any atom is -0.481 e. The second-order valence-electron chi connectivity index (χ2n) is 13.6. The summed E-state index contributed by atoms with van der Waals surface area (Å²) in [5.41, 5.74) is 6.95. The van der Waals surface area contributed by atoms with Gasteiger partial charge in [-0.25, -0.2) is 0 Å². The van der Waals surface area contributed by atoms with Crippen LogP contribution < -0.4 is 5.32 Å². The average molecular weight is 596 g/mol. The molecule has 7 heteroatoms.